The Morgan fingerprint density at radius 2 is 2.11 bits per heavy atom. The normalized spacial score (nSPS) is 19.5. The van der Waals surface area contributed by atoms with Crippen molar-refractivity contribution in [3.05, 3.63) is 21.9 Å². The Kier molecular flexibility index (Phi) is 4.06. The molecule has 1 saturated heterocycles. The second kappa shape index (κ2) is 5.43. The van der Waals surface area contributed by atoms with E-state index in [9.17, 15) is 9.59 Å². The van der Waals surface area contributed by atoms with E-state index in [2.05, 4.69) is 0 Å². The predicted molar refractivity (Wildman–Crippen MR) is 71.7 cm³/mol. The van der Waals surface area contributed by atoms with Gasteiger partial charge in [-0.05, 0) is 18.9 Å². The van der Waals surface area contributed by atoms with Gasteiger partial charge in [-0.15, -0.1) is 0 Å². The van der Waals surface area contributed by atoms with Crippen LogP contribution in [-0.4, -0.2) is 39.5 Å². The van der Waals surface area contributed by atoms with Gasteiger partial charge in [0, 0.05) is 20.1 Å². The first kappa shape index (κ1) is 14.2. The average Bonchev–Trinajstić information content (AvgIpc) is 2.66. The van der Waals surface area contributed by atoms with Crippen LogP contribution in [-0.2, 0) is 11.8 Å². The fourth-order valence-electron chi connectivity index (χ4n) is 2.27. The quantitative estimate of drug-likeness (QED) is 0.911. The Morgan fingerprint density at radius 3 is 2.63 bits per heavy atom. The van der Waals surface area contributed by atoms with Gasteiger partial charge < -0.3 is 14.6 Å². The largest absolute Gasteiger partial charge is 0.481 e. The van der Waals surface area contributed by atoms with Crippen molar-refractivity contribution in [1.29, 1.82) is 0 Å². The van der Waals surface area contributed by atoms with Crippen LogP contribution < -0.4 is 0 Å². The number of carboxylic acids is 1. The van der Waals surface area contributed by atoms with Crippen molar-refractivity contribution in [3.63, 3.8) is 0 Å². The van der Waals surface area contributed by atoms with Gasteiger partial charge in [-0.3, -0.25) is 9.59 Å². The molecule has 1 fully saturated rings. The standard InChI is InChI=1S/C12H14Cl2N2O3/c1-15-9(5-8(13)10(15)14)11(17)16-4-2-3-7(6-16)12(18)19/h5,7H,2-4,6H2,1H3,(H,18,19). The molecule has 2 rings (SSSR count). The van der Waals surface area contributed by atoms with Gasteiger partial charge in [0.1, 0.15) is 10.8 Å². The molecule has 1 unspecified atom stereocenters. The zero-order chi connectivity index (χ0) is 14.2. The maximum atomic E-state index is 12.3. The van der Waals surface area contributed by atoms with E-state index in [1.165, 1.54) is 10.6 Å². The van der Waals surface area contributed by atoms with Crippen LogP contribution in [0, 0.1) is 5.92 Å². The molecule has 1 amide bonds. The molecule has 0 aliphatic carbocycles. The highest BCUT2D eigenvalue weighted by Crippen LogP contribution is 2.27. The summed E-state index contributed by atoms with van der Waals surface area (Å²) in [5, 5.41) is 9.65. The van der Waals surface area contributed by atoms with Gasteiger partial charge in [0.15, 0.2) is 0 Å². The number of rotatable bonds is 2. The van der Waals surface area contributed by atoms with Crippen molar-refractivity contribution in [2.24, 2.45) is 13.0 Å². The molecule has 1 aliphatic heterocycles. The van der Waals surface area contributed by atoms with Crippen molar-refractivity contribution in [2.75, 3.05) is 13.1 Å². The summed E-state index contributed by atoms with van der Waals surface area (Å²) < 4.78 is 1.51. The fourth-order valence-corrected chi connectivity index (χ4v) is 2.65. The van der Waals surface area contributed by atoms with E-state index in [1.54, 1.807) is 11.9 Å². The number of hydrogen-bond acceptors (Lipinski definition) is 2. The van der Waals surface area contributed by atoms with Gasteiger partial charge in [-0.25, -0.2) is 0 Å². The van der Waals surface area contributed by atoms with Gasteiger partial charge in [-0.2, -0.15) is 0 Å². The van der Waals surface area contributed by atoms with Gasteiger partial charge >= 0.3 is 5.97 Å². The molecule has 0 bridgehead atoms. The summed E-state index contributed by atoms with van der Waals surface area (Å²) in [6.45, 7) is 0.789. The maximum Gasteiger partial charge on any atom is 0.308 e. The molecule has 5 nitrogen and oxygen atoms in total. The lowest BCUT2D eigenvalue weighted by Gasteiger charge is -2.30. The molecule has 1 aromatic rings. The number of aromatic nitrogens is 1. The van der Waals surface area contributed by atoms with Crippen LogP contribution in [0.3, 0.4) is 0 Å². The lowest BCUT2D eigenvalue weighted by Crippen LogP contribution is -2.42. The molecular formula is C12H14Cl2N2O3. The van der Waals surface area contributed by atoms with Crippen LogP contribution in [0.2, 0.25) is 10.2 Å². The molecule has 2 heterocycles. The highest BCUT2D eigenvalue weighted by Gasteiger charge is 2.30. The van der Waals surface area contributed by atoms with E-state index in [1.807, 2.05) is 0 Å². The van der Waals surface area contributed by atoms with Crippen LogP contribution in [0.15, 0.2) is 6.07 Å². The van der Waals surface area contributed by atoms with Crippen LogP contribution in [0.5, 0.6) is 0 Å². The van der Waals surface area contributed by atoms with Crippen LogP contribution in [0.1, 0.15) is 23.3 Å². The summed E-state index contributed by atoms with van der Waals surface area (Å²) in [5.41, 5.74) is 0.376. The van der Waals surface area contributed by atoms with Gasteiger partial charge in [0.25, 0.3) is 5.91 Å². The molecule has 19 heavy (non-hydrogen) atoms. The average molecular weight is 305 g/mol. The summed E-state index contributed by atoms with van der Waals surface area (Å²) in [6, 6.07) is 1.51. The van der Waals surface area contributed by atoms with Crippen molar-refractivity contribution in [1.82, 2.24) is 9.47 Å². The summed E-state index contributed by atoms with van der Waals surface area (Å²) in [6.07, 6.45) is 1.29. The van der Waals surface area contributed by atoms with Crippen molar-refractivity contribution < 1.29 is 14.7 Å². The summed E-state index contributed by atoms with van der Waals surface area (Å²) in [7, 11) is 1.65. The van der Waals surface area contributed by atoms with Gasteiger partial charge in [0.2, 0.25) is 0 Å². The second-order valence-electron chi connectivity index (χ2n) is 4.66. The smallest absolute Gasteiger partial charge is 0.308 e. The highest BCUT2D eigenvalue weighted by atomic mass is 35.5. The zero-order valence-corrected chi connectivity index (χ0v) is 11.9. The third kappa shape index (κ3) is 2.72. The van der Waals surface area contributed by atoms with E-state index in [4.69, 9.17) is 28.3 Å². The lowest BCUT2D eigenvalue weighted by atomic mass is 9.98. The number of hydrogen-bond donors (Lipinski definition) is 1. The number of likely N-dealkylation sites (tertiary alicyclic amines) is 1. The highest BCUT2D eigenvalue weighted by molar-refractivity contribution is 6.41. The molecule has 0 aromatic carbocycles. The molecule has 0 radical (unpaired) electrons. The van der Waals surface area contributed by atoms with Crippen LogP contribution in [0.25, 0.3) is 0 Å². The molecule has 1 aromatic heterocycles. The number of aliphatic carboxylic acids is 1. The number of amides is 1. The minimum Gasteiger partial charge on any atom is -0.481 e. The Morgan fingerprint density at radius 1 is 1.42 bits per heavy atom. The molecule has 1 aliphatic rings. The Hall–Kier alpha value is -1.20. The van der Waals surface area contributed by atoms with Crippen LogP contribution >= 0.6 is 23.2 Å². The number of carboxylic acid groups (broad SMARTS) is 1. The molecule has 0 saturated carbocycles. The topological polar surface area (TPSA) is 62.5 Å². The third-order valence-corrected chi connectivity index (χ3v) is 4.24. The molecule has 7 heteroatoms. The van der Waals surface area contributed by atoms with E-state index in [0.29, 0.717) is 35.3 Å². The third-order valence-electron chi connectivity index (χ3n) is 3.39. The number of nitrogens with zero attached hydrogens (tertiary/aromatic N) is 2. The Labute approximate surface area is 120 Å². The summed E-state index contributed by atoms with van der Waals surface area (Å²) in [5.74, 6) is -1.59. The van der Waals surface area contributed by atoms with E-state index < -0.39 is 11.9 Å². The van der Waals surface area contributed by atoms with Crippen molar-refractivity contribution in [2.45, 2.75) is 12.8 Å². The van der Waals surface area contributed by atoms with Gasteiger partial charge in [0.05, 0.1) is 10.9 Å². The molecular weight excluding hydrogens is 291 g/mol. The monoisotopic (exact) mass is 304 g/mol. The first-order valence-corrected chi connectivity index (χ1v) is 6.70. The molecule has 1 N–H and O–H groups in total. The molecule has 1 atom stereocenters. The van der Waals surface area contributed by atoms with E-state index in [0.717, 1.165) is 0 Å². The minimum atomic E-state index is -0.861. The Balaban J connectivity index is 2.19. The second-order valence-corrected chi connectivity index (χ2v) is 5.42. The summed E-state index contributed by atoms with van der Waals surface area (Å²) >= 11 is 11.8. The number of carbonyl (C=O) groups excluding carboxylic acids is 1. The first-order chi connectivity index (χ1) is 8.91. The lowest BCUT2D eigenvalue weighted by molar-refractivity contribution is -0.143. The van der Waals surface area contributed by atoms with E-state index >= 15 is 0 Å². The number of halogens is 2. The maximum absolute atomic E-state index is 12.3. The van der Waals surface area contributed by atoms with Crippen molar-refractivity contribution in [3.8, 4) is 0 Å². The molecule has 104 valence electrons. The number of piperidine rings is 1. The minimum absolute atomic E-state index is 0.231. The van der Waals surface area contributed by atoms with Crippen molar-refractivity contribution >= 4 is 35.1 Å². The van der Waals surface area contributed by atoms with Crippen LogP contribution in [0.4, 0.5) is 0 Å². The SMILES string of the molecule is Cn1c(C(=O)N2CCCC(C(=O)O)C2)cc(Cl)c1Cl. The summed E-state index contributed by atoms with van der Waals surface area (Å²) in [4.78, 5) is 24.9. The molecule has 0 spiro atoms. The zero-order valence-electron chi connectivity index (χ0n) is 10.4. The number of carbonyl (C=O) groups is 2. The fraction of sp³-hybridized carbons (Fsp3) is 0.500. The Bertz CT molecular complexity index is 527. The first-order valence-electron chi connectivity index (χ1n) is 5.94. The van der Waals surface area contributed by atoms with E-state index in [-0.39, 0.29) is 12.5 Å². The predicted octanol–water partition coefficient (Wildman–Crippen LogP) is 2.27. The van der Waals surface area contributed by atoms with Gasteiger partial charge in [-0.1, -0.05) is 23.2 Å².